The Bertz CT molecular complexity index is 751. The van der Waals surface area contributed by atoms with Gasteiger partial charge in [0.15, 0.2) is 0 Å². The molecule has 0 radical (unpaired) electrons. The Morgan fingerprint density at radius 1 is 1.33 bits per heavy atom. The average Bonchev–Trinajstić information content (AvgIpc) is 2.48. The van der Waals surface area contributed by atoms with Crippen molar-refractivity contribution in [2.75, 3.05) is 7.11 Å². The van der Waals surface area contributed by atoms with E-state index < -0.39 is 10.9 Å². The Morgan fingerprint density at radius 3 is 2.76 bits per heavy atom. The molecular weight excluding hydrogens is 276 g/mol. The summed E-state index contributed by atoms with van der Waals surface area (Å²) in [6.45, 7) is 0.130. The number of hydrogen-bond donors (Lipinski definition) is 0. The number of rotatable bonds is 4. The fourth-order valence-corrected chi connectivity index (χ4v) is 1.86. The van der Waals surface area contributed by atoms with E-state index in [1.165, 1.54) is 17.9 Å². The van der Waals surface area contributed by atoms with Crippen LogP contribution in [0, 0.1) is 10.1 Å². The molecule has 0 saturated heterocycles. The third-order valence-electron chi connectivity index (χ3n) is 2.88. The number of pyridine rings is 1. The summed E-state index contributed by atoms with van der Waals surface area (Å²) >= 11 is 0. The van der Waals surface area contributed by atoms with E-state index >= 15 is 0 Å². The van der Waals surface area contributed by atoms with Gasteiger partial charge in [-0.05, 0) is 17.7 Å². The van der Waals surface area contributed by atoms with E-state index in [1.54, 1.807) is 24.3 Å². The minimum absolute atomic E-state index is 0.130. The first-order valence-corrected chi connectivity index (χ1v) is 6.03. The summed E-state index contributed by atoms with van der Waals surface area (Å²) < 4.78 is 5.84. The topological polar surface area (TPSA) is 91.4 Å². The summed E-state index contributed by atoms with van der Waals surface area (Å²) in [7, 11) is 1.28. The normalized spacial score (nSPS) is 10.1. The molecule has 2 rings (SSSR count). The van der Waals surface area contributed by atoms with Crippen molar-refractivity contribution in [1.29, 1.82) is 0 Å². The lowest BCUT2D eigenvalue weighted by Gasteiger charge is -2.07. The molecule has 0 N–H and O–H groups in total. The van der Waals surface area contributed by atoms with Gasteiger partial charge in [0, 0.05) is 12.1 Å². The molecule has 7 nitrogen and oxygen atoms in total. The van der Waals surface area contributed by atoms with Gasteiger partial charge in [-0.2, -0.15) is 0 Å². The average molecular weight is 288 g/mol. The van der Waals surface area contributed by atoms with Crippen LogP contribution in [0.1, 0.15) is 15.9 Å². The van der Waals surface area contributed by atoms with Gasteiger partial charge in [0.05, 0.1) is 30.3 Å². The molecule has 0 atom stereocenters. The van der Waals surface area contributed by atoms with Crippen molar-refractivity contribution in [1.82, 2.24) is 4.57 Å². The lowest BCUT2D eigenvalue weighted by molar-refractivity contribution is -0.385. The van der Waals surface area contributed by atoms with Crippen LogP contribution in [0.2, 0.25) is 0 Å². The van der Waals surface area contributed by atoms with Crippen molar-refractivity contribution in [3.63, 3.8) is 0 Å². The third kappa shape index (κ3) is 3.33. The Kier molecular flexibility index (Phi) is 4.13. The monoisotopic (exact) mass is 288 g/mol. The predicted octanol–water partition coefficient (Wildman–Crippen LogP) is 1.59. The summed E-state index contributed by atoms with van der Waals surface area (Å²) in [5, 5.41) is 10.7. The first kappa shape index (κ1) is 14.4. The van der Waals surface area contributed by atoms with Crippen molar-refractivity contribution in [3.8, 4) is 0 Å². The van der Waals surface area contributed by atoms with Crippen molar-refractivity contribution in [3.05, 3.63) is 74.2 Å². The summed E-state index contributed by atoms with van der Waals surface area (Å²) in [6.07, 6.45) is 1.17. The molecule has 0 saturated carbocycles. The second-order valence-corrected chi connectivity index (χ2v) is 4.30. The van der Waals surface area contributed by atoms with Crippen LogP contribution in [0.4, 0.5) is 5.69 Å². The molecule has 0 bridgehead atoms. The Balaban J connectivity index is 2.34. The summed E-state index contributed by atoms with van der Waals surface area (Å²) in [6, 6.07) is 8.84. The molecule has 0 unspecified atom stereocenters. The predicted molar refractivity (Wildman–Crippen MR) is 74.2 cm³/mol. The molecule has 21 heavy (non-hydrogen) atoms. The van der Waals surface area contributed by atoms with E-state index in [0.717, 1.165) is 12.1 Å². The zero-order valence-electron chi connectivity index (χ0n) is 11.2. The van der Waals surface area contributed by atoms with Gasteiger partial charge in [-0.3, -0.25) is 14.9 Å². The lowest BCUT2D eigenvalue weighted by atomic mass is 10.1. The Hall–Kier alpha value is -2.96. The number of aromatic nitrogens is 1. The van der Waals surface area contributed by atoms with Crippen molar-refractivity contribution < 1.29 is 14.5 Å². The van der Waals surface area contributed by atoms with E-state index in [2.05, 4.69) is 4.74 Å². The van der Waals surface area contributed by atoms with Gasteiger partial charge in [-0.1, -0.05) is 12.1 Å². The van der Waals surface area contributed by atoms with Crippen LogP contribution < -0.4 is 5.56 Å². The summed E-state index contributed by atoms with van der Waals surface area (Å²) in [5.74, 6) is -0.483. The molecule has 0 fully saturated rings. The van der Waals surface area contributed by atoms with Crippen LogP contribution >= 0.6 is 0 Å². The fourth-order valence-electron chi connectivity index (χ4n) is 1.86. The van der Waals surface area contributed by atoms with Gasteiger partial charge in [-0.15, -0.1) is 0 Å². The molecule has 0 spiro atoms. The molecule has 1 heterocycles. The van der Waals surface area contributed by atoms with E-state index in [4.69, 9.17) is 0 Å². The van der Waals surface area contributed by atoms with Gasteiger partial charge in [0.1, 0.15) is 0 Å². The van der Waals surface area contributed by atoms with Crippen LogP contribution in [0.3, 0.4) is 0 Å². The maximum atomic E-state index is 11.7. The quantitative estimate of drug-likeness (QED) is 0.484. The molecule has 0 amide bonds. The Labute approximate surface area is 119 Å². The van der Waals surface area contributed by atoms with Crippen LogP contribution in [0.25, 0.3) is 0 Å². The first-order valence-electron chi connectivity index (χ1n) is 6.03. The number of ether oxygens (including phenoxy) is 1. The number of benzene rings is 1. The molecule has 7 heteroatoms. The van der Waals surface area contributed by atoms with Crippen molar-refractivity contribution in [2.45, 2.75) is 6.54 Å². The molecule has 108 valence electrons. The number of hydrogen-bond acceptors (Lipinski definition) is 5. The molecule has 1 aromatic carbocycles. The summed E-state index contributed by atoms with van der Waals surface area (Å²) in [5.41, 5.74) is 0.497. The van der Waals surface area contributed by atoms with Gasteiger partial charge < -0.3 is 9.30 Å². The van der Waals surface area contributed by atoms with Crippen LogP contribution in [0.5, 0.6) is 0 Å². The highest BCUT2D eigenvalue weighted by Crippen LogP contribution is 2.10. The number of methoxy groups -OCH3 is 1. The highest BCUT2D eigenvalue weighted by atomic mass is 16.6. The smallest absolute Gasteiger partial charge is 0.337 e. The largest absolute Gasteiger partial charge is 0.465 e. The molecule has 1 aromatic heterocycles. The highest BCUT2D eigenvalue weighted by Gasteiger charge is 2.10. The highest BCUT2D eigenvalue weighted by molar-refractivity contribution is 5.89. The van der Waals surface area contributed by atoms with E-state index in [-0.39, 0.29) is 17.8 Å². The zero-order chi connectivity index (χ0) is 15.4. The SMILES string of the molecule is COC(=O)c1cccc(Cn2cc([N+](=O)[O-])ccc2=O)c1. The number of nitro groups is 1. The second-order valence-electron chi connectivity index (χ2n) is 4.30. The number of nitrogens with zero attached hydrogens (tertiary/aromatic N) is 2. The third-order valence-corrected chi connectivity index (χ3v) is 2.88. The van der Waals surface area contributed by atoms with Crippen molar-refractivity contribution >= 4 is 11.7 Å². The summed E-state index contributed by atoms with van der Waals surface area (Å²) in [4.78, 5) is 33.3. The number of esters is 1. The fraction of sp³-hybridized carbons (Fsp3) is 0.143. The molecule has 0 aliphatic carbocycles. The lowest BCUT2D eigenvalue weighted by Crippen LogP contribution is -2.19. The number of carbonyl (C=O) groups excluding carboxylic acids is 1. The molecule has 0 aliphatic heterocycles. The minimum Gasteiger partial charge on any atom is -0.465 e. The van der Waals surface area contributed by atoms with Gasteiger partial charge >= 0.3 is 5.97 Å². The first-order chi connectivity index (χ1) is 10.0. The van der Waals surface area contributed by atoms with E-state index in [9.17, 15) is 19.7 Å². The molecule has 0 aliphatic rings. The second kappa shape index (κ2) is 6.00. The standard InChI is InChI=1S/C14H12N2O5/c1-21-14(18)11-4-2-3-10(7-11)8-15-9-12(16(19)20)5-6-13(15)17/h2-7,9H,8H2,1H3. The minimum atomic E-state index is -0.569. The van der Waals surface area contributed by atoms with Gasteiger partial charge in [0.2, 0.25) is 0 Å². The maximum Gasteiger partial charge on any atom is 0.337 e. The van der Waals surface area contributed by atoms with Crippen LogP contribution in [-0.4, -0.2) is 22.6 Å². The maximum absolute atomic E-state index is 11.7. The van der Waals surface area contributed by atoms with Crippen molar-refractivity contribution in [2.24, 2.45) is 0 Å². The molecular formula is C14H12N2O5. The van der Waals surface area contributed by atoms with E-state index in [0.29, 0.717) is 11.1 Å². The van der Waals surface area contributed by atoms with Crippen LogP contribution in [-0.2, 0) is 11.3 Å². The van der Waals surface area contributed by atoms with Crippen LogP contribution in [0.15, 0.2) is 47.4 Å². The van der Waals surface area contributed by atoms with Gasteiger partial charge in [0.25, 0.3) is 11.2 Å². The van der Waals surface area contributed by atoms with E-state index in [1.807, 2.05) is 0 Å². The number of carbonyl (C=O) groups is 1. The Morgan fingerprint density at radius 2 is 2.10 bits per heavy atom. The molecule has 2 aromatic rings. The van der Waals surface area contributed by atoms with Gasteiger partial charge in [-0.25, -0.2) is 4.79 Å². The zero-order valence-corrected chi connectivity index (χ0v) is 11.2.